The molecule has 4 rings (SSSR count). The molecule has 168 valence electrons. The zero-order chi connectivity index (χ0) is 21.1. The van der Waals surface area contributed by atoms with Gasteiger partial charge < -0.3 is 0 Å². The summed E-state index contributed by atoms with van der Waals surface area (Å²) in [5.41, 5.74) is 0.587. The van der Waals surface area contributed by atoms with Crippen LogP contribution in [0.5, 0.6) is 0 Å². The van der Waals surface area contributed by atoms with Crippen LogP contribution in [0.2, 0.25) is 0 Å². The first kappa shape index (κ1) is 22.2. The minimum absolute atomic E-state index is 0.587. The molecule has 1 aromatic carbocycles. The van der Waals surface area contributed by atoms with Crippen molar-refractivity contribution in [2.75, 3.05) is 0 Å². The van der Waals surface area contributed by atoms with Gasteiger partial charge in [-0.25, -0.2) is 13.2 Å². The fourth-order valence-corrected chi connectivity index (χ4v) is 6.92. The van der Waals surface area contributed by atoms with E-state index in [0.717, 1.165) is 48.1 Å². The molecule has 0 aromatic heterocycles. The number of aryl methyl sites for hydroxylation is 1. The topological polar surface area (TPSA) is 0 Å². The van der Waals surface area contributed by atoms with Gasteiger partial charge in [0, 0.05) is 0 Å². The van der Waals surface area contributed by atoms with Crippen molar-refractivity contribution in [2.24, 2.45) is 35.5 Å². The van der Waals surface area contributed by atoms with Crippen LogP contribution in [0.3, 0.4) is 0 Å². The van der Waals surface area contributed by atoms with Crippen LogP contribution in [-0.2, 0) is 6.42 Å². The first-order valence-electron chi connectivity index (χ1n) is 12.6. The molecule has 1 aromatic rings. The Morgan fingerprint density at radius 2 is 1.03 bits per heavy atom. The van der Waals surface area contributed by atoms with Crippen LogP contribution < -0.4 is 0 Å². The lowest BCUT2D eigenvalue weighted by molar-refractivity contribution is 0.105. The Morgan fingerprint density at radius 1 is 0.633 bits per heavy atom. The van der Waals surface area contributed by atoms with Gasteiger partial charge in [-0.1, -0.05) is 32.6 Å². The normalized spacial score (nSPS) is 35.3. The highest BCUT2D eigenvalue weighted by molar-refractivity contribution is 5.19. The van der Waals surface area contributed by atoms with E-state index in [-0.39, 0.29) is 0 Å². The molecule has 30 heavy (non-hydrogen) atoms. The van der Waals surface area contributed by atoms with Crippen LogP contribution in [-0.4, -0.2) is 0 Å². The Hall–Kier alpha value is -0.990. The molecular formula is C27H39F3. The van der Waals surface area contributed by atoms with Crippen molar-refractivity contribution in [3.05, 3.63) is 35.1 Å². The SMILES string of the molecule is CC1CCC(C2CCC(C3CCC(CCc4cc(F)c(F)c(F)c4)CC3)CC2)CC1. The van der Waals surface area contributed by atoms with Crippen LogP contribution in [0.15, 0.2) is 12.1 Å². The van der Waals surface area contributed by atoms with Crippen molar-refractivity contribution in [3.8, 4) is 0 Å². The summed E-state index contributed by atoms with van der Waals surface area (Å²) in [5.74, 6) is 1.97. The Morgan fingerprint density at radius 3 is 1.50 bits per heavy atom. The molecule has 0 aliphatic heterocycles. The van der Waals surface area contributed by atoms with E-state index in [0.29, 0.717) is 17.9 Å². The molecular weight excluding hydrogens is 381 g/mol. The fourth-order valence-electron chi connectivity index (χ4n) is 6.92. The third kappa shape index (κ3) is 5.43. The third-order valence-electron chi connectivity index (χ3n) is 8.99. The minimum Gasteiger partial charge on any atom is -0.204 e. The third-order valence-corrected chi connectivity index (χ3v) is 8.99. The van der Waals surface area contributed by atoms with Crippen molar-refractivity contribution in [1.29, 1.82) is 0 Å². The lowest BCUT2D eigenvalue weighted by atomic mass is 9.65. The van der Waals surface area contributed by atoms with Gasteiger partial charge in [0.25, 0.3) is 0 Å². The first-order valence-corrected chi connectivity index (χ1v) is 12.6. The summed E-state index contributed by atoms with van der Waals surface area (Å²) in [6.07, 6.45) is 18.4. The largest absolute Gasteiger partial charge is 0.204 e. The van der Waals surface area contributed by atoms with Gasteiger partial charge in [-0.15, -0.1) is 0 Å². The summed E-state index contributed by atoms with van der Waals surface area (Å²) in [6.45, 7) is 2.42. The van der Waals surface area contributed by atoms with E-state index in [1.165, 1.54) is 77.0 Å². The highest BCUT2D eigenvalue weighted by atomic mass is 19.2. The number of rotatable bonds is 5. The molecule has 3 aliphatic carbocycles. The first-order chi connectivity index (χ1) is 14.5. The lowest BCUT2D eigenvalue weighted by Gasteiger charge is -2.41. The van der Waals surface area contributed by atoms with Crippen LogP contribution in [0.25, 0.3) is 0 Å². The zero-order valence-corrected chi connectivity index (χ0v) is 18.7. The fraction of sp³-hybridized carbons (Fsp3) is 0.778. The minimum atomic E-state index is -1.35. The number of benzene rings is 1. The quantitative estimate of drug-likeness (QED) is 0.419. The van der Waals surface area contributed by atoms with E-state index in [9.17, 15) is 13.2 Å². The van der Waals surface area contributed by atoms with Gasteiger partial charge in [0.1, 0.15) is 0 Å². The molecule has 0 saturated heterocycles. The van der Waals surface area contributed by atoms with Crippen molar-refractivity contribution in [1.82, 2.24) is 0 Å². The highest BCUT2D eigenvalue weighted by Gasteiger charge is 2.34. The molecule has 0 radical (unpaired) electrons. The average molecular weight is 421 g/mol. The van der Waals surface area contributed by atoms with E-state index in [1.54, 1.807) is 0 Å². The summed E-state index contributed by atoms with van der Waals surface area (Å²) in [7, 11) is 0. The monoisotopic (exact) mass is 420 g/mol. The Bertz CT molecular complexity index is 652. The molecule has 0 heterocycles. The molecule has 3 aliphatic rings. The molecule has 0 unspecified atom stereocenters. The van der Waals surface area contributed by atoms with Crippen molar-refractivity contribution in [3.63, 3.8) is 0 Å². The zero-order valence-electron chi connectivity index (χ0n) is 18.7. The van der Waals surface area contributed by atoms with E-state index < -0.39 is 17.5 Å². The summed E-state index contributed by atoms with van der Waals surface area (Å²) >= 11 is 0. The predicted molar refractivity (Wildman–Crippen MR) is 117 cm³/mol. The van der Waals surface area contributed by atoms with Gasteiger partial charge in [0.15, 0.2) is 17.5 Å². The Kier molecular flexibility index (Phi) is 7.47. The average Bonchev–Trinajstić information content (AvgIpc) is 2.77. The van der Waals surface area contributed by atoms with Gasteiger partial charge in [0.05, 0.1) is 0 Å². The van der Waals surface area contributed by atoms with Gasteiger partial charge in [-0.3, -0.25) is 0 Å². The predicted octanol–water partition coefficient (Wildman–Crippen LogP) is 8.48. The molecule has 0 N–H and O–H groups in total. The molecule has 0 nitrogen and oxygen atoms in total. The van der Waals surface area contributed by atoms with E-state index in [4.69, 9.17) is 0 Å². The van der Waals surface area contributed by atoms with Gasteiger partial charge in [-0.05, 0) is 117 Å². The Balaban J connectivity index is 1.17. The molecule has 0 bridgehead atoms. The standard InChI is InChI=1S/C27H39F3/c1-18-2-8-21(9-3-18)23-12-14-24(15-13-23)22-10-6-19(7-11-22)4-5-20-16-25(28)27(30)26(29)17-20/h16-19,21-24H,2-15H2,1H3. The summed E-state index contributed by atoms with van der Waals surface area (Å²) < 4.78 is 39.9. The lowest BCUT2D eigenvalue weighted by Crippen LogP contribution is -2.29. The van der Waals surface area contributed by atoms with E-state index >= 15 is 0 Å². The van der Waals surface area contributed by atoms with Gasteiger partial charge in [-0.2, -0.15) is 0 Å². The molecule has 0 atom stereocenters. The maximum absolute atomic E-state index is 13.4. The second-order valence-corrected chi connectivity index (χ2v) is 10.9. The Labute approximate surface area is 181 Å². The molecule has 3 heteroatoms. The maximum atomic E-state index is 13.4. The smallest absolute Gasteiger partial charge is 0.194 e. The highest BCUT2D eigenvalue weighted by Crippen LogP contribution is 2.46. The molecule has 3 fully saturated rings. The van der Waals surface area contributed by atoms with Gasteiger partial charge >= 0.3 is 0 Å². The van der Waals surface area contributed by atoms with Crippen molar-refractivity contribution >= 4 is 0 Å². The number of halogens is 3. The maximum Gasteiger partial charge on any atom is 0.194 e. The van der Waals surface area contributed by atoms with Crippen LogP contribution in [0.1, 0.15) is 96.0 Å². The van der Waals surface area contributed by atoms with Crippen LogP contribution >= 0.6 is 0 Å². The summed E-state index contributed by atoms with van der Waals surface area (Å²) in [5, 5.41) is 0. The van der Waals surface area contributed by atoms with Crippen molar-refractivity contribution in [2.45, 2.75) is 96.8 Å². The summed E-state index contributed by atoms with van der Waals surface area (Å²) in [6, 6.07) is 2.32. The second-order valence-electron chi connectivity index (χ2n) is 10.9. The second kappa shape index (κ2) is 10.1. The van der Waals surface area contributed by atoms with Crippen molar-refractivity contribution < 1.29 is 13.2 Å². The molecule has 3 saturated carbocycles. The molecule has 0 amide bonds. The van der Waals surface area contributed by atoms with Crippen LogP contribution in [0, 0.1) is 53.0 Å². The number of hydrogen-bond acceptors (Lipinski definition) is 0. The number of hydrogen-bond donors (Lipinski definition) is 0. The summed E-state index contributed by atoms with van der Waals surface area (Å²) in [4.78, 5) is 0. The van der Waals surface area contributed by atoms with E-state index in [1.807, 2.05) is 0 Å². The van der Waals surface area contributed by atoms with Gasteiger partial charge in [0.2, 0.25) is 0 Å². The molecule has 0 spiro atoms. The van der Waals surface area contributed by atoms with Crippen LogP contribution in [0.4, 0.5) is 13.2 Å². The van der Waals surface area contributed by atoms with E-state index in [2.05, 4.69) is 6.92 Å².